The number of benzene rings is 1. The Balaban J connectivity index is 2.59. The van der Waals surface area contributed by atoms with E-state index >= 15 is 0 Å². The largest absolute Gasteiger partial charge is 0.393 e. The molecule has 17 heavy (non-hydrogen) atoms. The number of halogens is 1. The van der Waals surface area contributed by atoms with Crippen molar-refractivity contribution < 1.29 is 14.4 Å². The van der Waals surface area contributed by atoms with Crippen LogP contribution in [-0.4, -0.2) is 22.7 Å². The molecule has 6 heteroatoms. The Hall–Kier alpha value is -1.53. The molecule has 1 rings (SSSR count). The van der Waals surface area contributed by atoms with Gasteiger partial charge in [-0.15, -0.1) is 0 Å². The molecule has 1 atom stereocenters. The highest BCUT2D eigenvalue weighted by molar-refractivity contribution is 5.36. The van der Waals surface area contributed by atoms with Crippen molar-refractivity contribution in [1.29, 1.82) is 0 Å². The SMILES string of the molecule is CC(O)CCNCc1cccc([N+](=O)[O-])c1F. The van der Waals surface area contributed by atoms with E-state index in [9.17, 15) is 14.5 Å². The van der Waals surface area contributed by atoms with Crippen molar-refractivity contribution in [2.45, 2.75) is 26.0 Å². The molecule has 0 bridgehead atoms. The molecular formula is C11H15FN2O3. The predicted octanol–water partition coefficient (Wildman–Crippen LogP) is 1.59. The second-order valence-corrected chi connectivity index (χ2v) is 3.82. The van der Waals surface area contributed by atoms with Crippen molar-refractivity contribution in [3.8, 4) is 0 Å². The summed E-state index contributed by atoms with van der Waals surface area (Å²) in [6.07, 6.45) is 0.133. The van der Waals surface area contributed by atoms with Crippen molar-refractivity contribution in [2.24, 2.45) is 0 Å². The van der Waals surface area contributed by atoms with Gasteiger partial charge in [0.2, 0.25) is 5.82 Å². The Morgan fingerprint density at radius 3 is 2.88 bits per heavy atom. The van der Waals surface area contributed by atoms with Crippen LogP contribution in [0.4, 0.5) is 10.1 Å². The lowest BCUT2D eigenvalue weighted by Gasteiger charge is -2.07. The van der Waals surface area contributed by atoms with Gasteiger partial charge in [0.25, 0.3) is 0 Å². The fraction of sp³-hybridized carbons (Fsp3) is 0.455. The summed E-state index contributed by atoms with van der Waals surface area (Å²) in [5, 5.41) is 22.4. The first-order valence-corrected chi connectivity index (χ1v) is 5.33. The fourth-order valence-electron chi connectivity index (χ4n) is 1.38. The third kappa shape index (κ3) is 4.08. The lowest BCUT2D eigenvalue weighted by Crippen LogP contribution is -2.19. The van der Waals surface area contributed by atoms with E-state index in [4.69, 9.17) is 5.11 Å². The van der Waals surface area contributed by atoms with Crippen LogP contribution >= 0.6 is 0 Å². The summed E-state index contributed by atoms with van der Waals surface area (Å²) in [5.74, 6) is -0.804. The summed E-state index contributed by atoms with van der Waals surface area (Å²) in [7, 11) is 0. The minimum atomic E-state index is -0.804. The van der Waals surface area contributed by atoms with Crippen LogP contribution in [0.5, 0.6) is 0 Å². The van der Waals surface area contributed by atoms with Crippen LogP contribution in [0.25, 0.3) is 0 Å². The fourth-order valence-corrected chi connectivity index (χ4v) is 1.38. The summed E-state index contributed by atoms with van der Waals surface area (Å²) in [4.78, 5) is 9.76. The molecule has 0 aliphatic heterocycles. The summed E-state index contributed by atoms with van der Waals surface area (Å²) in [6.45, 7) is 2.40. The maximum Gasteiger partial charge on any atom is 0.305 e. The molecule has 94 valence electrons. The highest BCUT2D eigenvalue weighted by Crippen LogP contribution is 2.19. The minimum absolute atomic E-state index is 0.209. The lowest BCUT2D eigenvalue weighted by molar-refractivity contribution is -0.387. The lowest BCUT2D eigenvalue weighted by atomic mass is 10.2. The van der Waals surface area contributed by atoms with Gasteiger partial charge < -0.3 is 10.4 Å². The Morgan fingerprint density at radius 2 is 2.29 bits per heavy atom. The van der Waals surface area contributed by atoms with Gasteiger partial charge in [-0.2, -0.15) is 4.39 Å². The van der Waals surface area contributed by atoms with Crippen LogP contribution in [0.3, 0.4) is 0 Å². The maximum atomic E-state index is 13.6. The number of nitro groups is 1. The number of nitro benzene ring substituents is 1. The first kappa shape index (κ1) is 13.5. The number of nitrogens with one attached hydrogen (secondary N) is 1. The van der Waals surface area contributed by atoms with E-state index in [1.54, 1.807) is 6.92 Å². The molecule has 1 aromatic rings. The van der Waals surface area contributed by atoms with E-state index in [1.165, 1.54) is 12.1 Å². The topological polar surface area (TPSA) is 75.4 Å². The third-order valence-corrected chi connectivity index (χ3v) is 2.31. The average molecular weight is 242 g/mol. The molecule has 5 nitrogen and oxygen atoms in total. The first-order valence-electron chi connectivity index (χ1n) is 5.33. The van der Waals surface area contributed by atoms with E-state index in [0.29, 0.717) is 13.0 Å². The van der Waals surface area contributed by atoms with Gasteiger partial charge in [0.05, 0.1) is 11.0 Å². The molecule has 1 aromatic carbocycles. The van der Waals surface area contributed by atoms with Gasteiger partial charge in [-0.1, -0.05) is 12.1 Å². The Morgan fingerprint density at radius 1 is 1.59 bits per heavy atom. The smallest absolute Gasteiger partial charge is 0.305 e. The highest BCUT2D eigenvalue weighted by Gasteiger charge is 2.16. The average Bonchev–Trinajstić information content (AvgIpc) is 2.25. The van der Waals surface area contributed by atoms with Crippen LogP contribution in [0.2, 0.25) is 0 Å². The van der Waals surface area contributed by atoms with Crippen LogP contribution in [-0.2, 0) is 6.54 Å². The van der Waals surface area contributed by atoms with Gasteiger partial charge in [0.15, 0.2) is 0 Å². The van der Waals surface area contributed by atoms with E-state index in [0.717, 1.165) is 6.07 Å². The van der Waals surface area contributed by atoms with Crippen LogP contribution in [0, 0.1) is 15.9 Å². The molecule has 1 unspecified atom stereocenters. The molecular weight excluding hydrogens is 227 g/mol. The summed E-state index contributed by atoms with van der Waals surface area (Å²) in [6, 6.07) is 4.08. The van der Waals surface area contributed by atoms with Crippen molar-refractivity contribution in [1.82, 2.24) is 5.32 Å². The molecule has 0 aliphatic rings. The van der Waals surface area contributed by atoms with E-state index in [-0.39, 0.29) is 12.1 Å². The molecule has 0 fully saturated rings. The number of hydrogen-bond donors (Lipinski definition) is 2. The zero-order valence-electron chi connectivity index (χ0n) is 9.52. The zero-order chi connectivity index (χ0) is 12.8. The van der Waals surface area contributed by atoms with Gasteiger partial charge in [0, 0.05) is 18.2 Å². The standard InChI is InChI=1S/C11H15FN2O3/c1-8(15)5-6-13-7-9-3-2-4-10(11(9)12)14(16)17/h2-4,8,13,15H,5-7H2,1H3. The molecule has 2 N–H and O–H groups in total. The Bertz CT molecular complexity index is 396. The van der Waals surface area contributed by atoms with Gasteiger partial charge in [0.1, 0.15) is 0 Å². The van der Waals surface area contributed by atoms with E-state index < -0.39 is 22.5 Å². The zero-order valence-corrected chi connectivity index (χ0v) is 9.52. The molecule has 0 radical (unpaired) electrons. The van der Waals surface area contributed by atoms with Crippen LogP contribution < -0.4 is 5.32 Å². The molecule has 0 amide bonds. The number of nitrogens with zero attached hydrogens (tertiary/aromatic N) is 1. The van der Waals surface area contributed by atoms with Gasteiger partial charge in [-0.3, -0.25) is 10.1 Å². The summed E-state index contributed by atoms with van der Waals surface area (Å²) >= 11 is 0. The van der Waals surface area contributed by atoms with E-state index in [2.05, 4.69) is 5.32 Å². The number of hydrogen-bond acceptors (Lipinski definition) is 4. The molecule has 0 spiro atoms. The quantitative estimate of drug-likeness (QED) is 0.451. The molecule has 0 heterocycles. The van der Waals surface area contributed by atoms with Crippen molar-refractivity contribution in [3.63, 3.8) is 0 Å². The number of aliphatic hydroxyl groups is 1. The molecule has 0 saturated heterocycles. The van der Waals surface area contributed by atoms with Crippen LogP contribution in [0.1, 0.15) is 18.9 Å². The number of rotatable bonds is 6. The van der Waals surface area contributed by atoms with Crippen molar-refractivity contribution in [3.05, 3.63) is 39.7 Å². The highest BCUT2D eigenvalue weighted by atomic mass is 19.1. The summed E-state index contributed by atoms with van der Waals surface area (Å²) < 4.78 is 13.6. The second-order valence-electron chi connectivity index (χ2n) is 3.82. The maximum absolute atomic E-state index is 13.6. The van der Waals surface area contributed by atoms with Gasteiger partial charge in [-0.05, 0) is 19.9 Å². The van der Waals surface area contributed by atoms with Crippen molar-refractivity contribution >= 4 is 5.69 Å². The Kier molecular flexibility index (Phi) is 4.99. The van der Waals surface area contributed by atoms with Crippen LogP contribution in [0.15, 0.2) is 18.2 Å². The normalized spacial score (nSPS) is 12.4. The molecule has 0 aromatic heterocycles. The monoisotopic (exact) mass is 242 g/mol. The van der Waals surface area contributed by atoms with E-state index in [1.807, 2.05) is 0 Å². The Labute approximate surface area is 98.4 Å². The number of aliphatic hydroxyl groups excluding tert-OH is 1. The van der Waals surface area contributed by atoms with Gasteiger partial charge >= 0.3 is 5.69 Å². The molecule has 0 saturated carbocycles. The third-order valence-electron chi connectivity index (χ3n) is 2.31. The first-order chi connectivity index (χ1) is 8.02. The molecule has 0 aliphatic carbocycles. The van der Waals surface area contributed by atoms with Crippen molar-refractivity contribution in [2.75, 3.05) is 6.54 Å². The minimum Gasteiger partial charge on any atom is -0.393 e. The van der Waals surface area contributed by atoms with Gasteiger partial charge in [-0.25, -0.2) is 0 Å². The second kappa shape index (κ2) is 6.27. The predicted molar refractivity (Wildman–Crippen MR) is 61.1 cm³/mol. The summed E-state index contributed by atoms with van der Waals surface area (Å²) in [5.41, 5.74) is -0.260.